The molecule has 0 amide bonds. The van der Waals surface area contributed by atoms with Gasteiger partial charge in [0.25, 0.3) is 0 Å². The molecule has 1 heterocycles. The second kappa shape index (κ2) is 9.33. The number of aliphatic imine (C=N–C) groups is 1. The minimum atomic E-state index is 0.675. The van der Waals surface area contributed by atoms with E-state index in [0.29, 0.717) is 13.1 Å². The van der Waals surface area contributed by atoms with Gasteiger partial charge in [0.15, 0.2) is 5.96 Å². The molecule has 0 unspecified atom stereocenters. The smallest absolute Gasteiger partial charge is 0.191 e. The number of hydrogen-bond donors (Lipinski definition) is 2. The Morgan fingerprint density at radius 2 is 1.96 bits per heavy atom. The van der Waals surface area contributed by atoms with E-state index in [2.05, 4.69) is 80.8 Å². The van der Waals surface area contributed by atoms with Crippen LogP contribution in [0, 0.1) is 0 Å². The van der Waals surface area contributed by atoms with Crippen molar-refractivity contribution in [2.75, 3.05) is 13.6 Å². The Hall–Kier alpha value is -3.41. The third kappa shape index (κ3) is 5.04. The van der Waals surface area contributed by atoms with Crippen LogP contribution in [0.1, 0.15) is 11.1 Å². The SMILES string of the molecule is C=CCNC(=NC)NCc1ccccc1-c1ccc(Cn2cncn2)cc1. The molecule has 2 N–H and O–H groups in total. The molecule has 27 heavy (non-hydrogen) atoms. The monoisotopic (exact) mass is 360 g/mol. The quantitative estimate of drug-likeness (QED) is 0.386. The third-order valence-electron chi connectivity index (χ3n) is 4.18. The molecule has 0 saturated heterocycles. The van der Waals surface area contributed by atoms with Gasteiger partial charge in [0.2, 0.25) is 0 Å². The van der Waals surface area contributed by atoms with Crippen molar-refractivity contribution in [3.05, 3.63) is 85.0 Å². The Morgan fingerprint density at radius 1 is 1.15 bits per heavy atom. The van der Waals surface area contributed by atoms with Crippen LogP contribution in [0.25, 0.3) is 11.1 Å². The van der Waals surface area contributed by atoms with Crippen molar-refractivity contribution in [2.24, 2.45) is 4.99 Å². The van der Waals surface area contributed by atoms with Crippen LogP contribution in [0.5, 0.6) is 0 Å². The molecule has 0 aliphatic carbocycles. The van der Waals surface area contributed by atoms with E-state index in [1.54, 1.807) is 19.7 Å². The summed E-state index contributed by atoms with van der Waals surface area (Å²) in [6.45, 7) is 5.80. The predicted molar refractivity (Wildman–Crippen MR) is 109 cm³/mol. The van der Waals surface area contributed by atoms with E-state index in [0.717, 1.165) is 12.5 Å². The van der Waals surface area contributed by atoms with E-state index in [1.165, 1.54) is 22.3 Å². The summed E-state index contributed by atoms with van der Waals surface area (Å²) >= 11 is 0. The first-order valence-corrected chi connectivity index (χ1v) is 8.85. The molecular formula is C21H24N6. The molecule has 0 saturated carbocycles. The van der Waals surface area contributed by atoms with Crippen LogP contribution in [0.2, 0.25) is 0 Å². The first-order chi connectivity index (χ1) is 13.3. The molecule has 3 rings (SSSR count). The zero-order chi connectivity index (χ0) is 18.9. The first kappa shape index (κ1) is 18.4. The fraction of sp³-hybridized carbons (Fsp3) is 0.190. The summed E-state index contributed by atoms with van der Waals surface area (Å²) in [5.41, 5.74) is 4.79. The van der Waals surface area contributed by atoms with Crippen LogP contribution in [0.15, 0.2) is 78.8 Å². The molecule has 0 radical (unpaired) electrons. The summed E-state index contributed by atoms with van der Waals surface area (Å²) in [5.74, 6) is 0.757. The number of guanidine groups is 1. The molecule has 0 aliphatic heterocycles. The van der Waals surface area contributed by atoms with E-state index in [-0.39, 0.29) is 0 Å². The summed E-state index contributed by atoms with van der Waals surface area (Å²) in [5, 5.41) is 10.7. The van der Waals surface area contributed by atoms with Crippen LogP contribution >= 0.6 is 0 Å². The lowest BCUT2D eigenvalue weighted by Gasteiger charge is -2.14. The van der Waals surface area contributed by atoms with Crippen LogP contribution in [0.4, 0.5) is 0 Å². The van der Waals surface area contributed by atoms with E-state index >= 15 is 0 Å². The number of nitrogens with zero attached hydrogens (tertiary/aromatic N) is 4. The van der Waals surface area contributed by atoms with Gasteiger partial charge < -0.3 is 10.6 Å². The van der Waals surface area contributed by atoms with Crippen molar-refractivity contribution in [3.8, 4) is 11.1 Å². The normalized spacial score (nSPS) is 11.2. The van der Waals surface area contributed by atoms with Gasteiger partial charge in [-0.3, -0.25) is 4.99 Å². The van der Waals surface area contributed by atoms with Gasteiger partial charge in [-0.2, -0.15) is 5.10 Å². The largest absolute Gasteiger partial charge is 0.353 e. The third-order valence-corrected chi connectivity index (χ3v) is 4.18. The molecule has 3 aromatic rings. The van der Waals surface area contributed by atoms with E-state index in [9.17, 15) is 0 Å². The lowest BCUT2D eigenvalue weighted by molar-refractivity contribution is 0.685. The topological polar surface area (TPSA) is 67.1 Å². The lowest BCUT2D eigenvalue weighted by atomic mass is 9.98. The molecule has 1 aromatic heterocycles. The Labute approximate surface area is 159 Å². The van der Waals surface area contributed by atoms with Crippen molar-refractivity contribution in [2.45, 2.75) is 13.1 Å². The maximum atomic E-state index is 4.22. The summed E-state index contributed by atoms with van der Waals surface area (Å²) < 4.78 is 1.81. The average molecular weight is 360 g/mol. The van der Waals surface area contributed by atoms with Gasteiger partial charge in [-0.25, -0.2) is 9.67 Å². The summed E-state index contributed by atoms with van der Waals surface area (Å²) in [7, 11) is 1.76. The zero-order valence-electron chi connectivity index (χ0n) is 15.5. The van der Waals surface area contributed by atoms with Gasteiger partial charge >= 0.3 is 0 Å². The van der Waals surface area contributed by atoms with Gasteiger partial charge in [0.1, 0.15) is 12.7 Å². The molecule has 0 spiro atoms. The molecule has 0 aliphatic rings. The lowest BCUT2D eigenvalue weighted by Crippen LogP contribution is -2.36. The van der Waals surface area contributed by atoms with Crippen LogP contribution in [-0.4, -0.2) is 34.3 Å². The first-order valence-electron chi connectivity index (χ1n) is 8.85. The molecular weight excluding hydrogens is 336 g/mol. The minimum Gasteiger partial charge on any atom is -0.353 e. The Kier molecular flexibility index (Phi) is 6.35. The Balaban J connectivity index is 1.72. The predicted octanol–water partition coefficient (Wildman–Crippen LogP) is 2.84. The van der Waals surface area contributed by atoms with Crippen LogP contribution < -0.4 is 10.6 Å². The molecule has 0 bridgehead atoms. The fourth-order valence-corrected chi connectivity index (χ4v) is 2.82. The summed E-state index contributed by atoms with van der Waals surface area (Å²) in [6, 6.07) is 17.0. The molecule has 2 aromatic carbocycles. The highest BCUT2D eigenvalue weighted by atomic mass is 15.3. The van der Waals surface area contributed by atoms with Crippen molar-refractivity contribution < 1.29 is 0 Å². The number of aromatic nitrogens is 3. The van der Waals surface area contributed by atoms with Crippen molar-refractivity contribution in [3.63, 3.8) is 0 Å². The summed E-state index contributed by atoms with van der Waals surface area (Å²) in [4.78, 5) is 8.20. The molecule has 0 fully saturated rings. The average Bonchev–Trinajstić information content (AvgIpc) is 3.22. The fourth-order valence-electron chi connectivity index (χ4n) is 2.82. The van der Waals surface area contributed by atoms with E-state index in [4.69, 9.17) is 0 Å². The Morgan fingerprint density at radius 3 is 2.67 bits per heavy atom. The van der Waals surface area contributed by atoms with Gasteiger partial charge in [0, 0.05) is 20.1 Å². The van der Waals surface area contributed by atoms with Crippen molar-refractivity contribution in [1.82, 2.24) is 25.4 Å². The van der Waals surface area contributed by atoms with E-state index < -0.39 is 0 Å². The molecule has 138 valence electrons. The van der Waals surface area contributed by atoms with Crippen LogP contribution in [-0.2, 0) is 13.1 Å². The van der Waals surface area contributed by atoms with Crippen LogP contribution in [0.3, 0.4) is 0 Å². The van der Waals surface area contributed by atoms with Gasteiger partial charge in [-0.1, -0.05) is 54.6 Å². The second-order valence-corrected chi connectivity index (χ2v) is 6.04. The Bertz CT molecular complexity index is 881. The van der Waals surface area contributed by atoms with Crippen molar-refractivity contribution >= 4 is 5.96 Å². The second-order valence-electron chi connectivity index (χ2n) is 6.04. The van der Waals surface area contributed by atoms with Gasteiger partial charge in [-0.05, 0) is 22.3 Å². The van der Waals surface area contributed by atoms with Gasteiger partial charge in [0.05, 0.1) is 6.54 Å². The summed E-state index contributed by atoms with van der Waals surface area (Å²) in [6.07, 6.45) is 5.08. The van der Waals surface area contributed by atoms with Crippen molar-refractivity contribution in [1.29, 1.82) is 0 Å². The minimum absolute atomic E-state index is 0.675. The highest BCUT2D eigenvalue weighted by molar-refractivity contribution is 5.80. The highest BCUT2D eigenvalue weighted by Crippen LogP contribution is 2.24. The number of nitrogens with one attached hydrogen (secondary N) is 2. The maximum absolute atomic E-state index is 4.22. The number of benzene rings is 2. The number of hydrogen-bond acceptors (Lipinski definition) is 3. The van der Waals surface area contributed by atoms with Gasteiger partial charge in [-0.15, -0.1) is 6.58 Å². The molecule has 0 atom stereocenters. The van der Waals surface area contributed by atoms with E-state index in [1.807, 2.05) is 10.8 Å². The maximum Gasteiger partial charge on any atom is 0.191 e. The highest BCUT2D eigenvalue weighted by Gasteiger charge is 2.06. The zero-order valence-corrected chi connectivity index (χ0v) is 15.5. The molecule has 6 nitrogen and oxygen atoms in total. The number of rotatable bonds is 7. The molecule has 6 heteroatoms. The standard InChI is InChI=1S/C21H24N6/c1-3-12-24-21(22-2)25-13-19-6-4-5-7-20(19)18-10-8-17(9-11-18)14-27-16-23-15-26-27/h3-11,15-16H,1,12-14H2,2H3,(H2,22,24,25).